The normalized spacial score (nSPS) is 10.6. The summed E-state index contributed by atoms with van der Waals surface area (Å²) in [4.78, 5) is 0. The molecule has 18 heavy (non-hydrogen) atoms. The minimum atomic E-state index is -0.320. The molecule has 0 spiro atoms. The lowest BCUT2D eigenvalue weighted by Gasteiger charge is -2.03. The van der Waals surface area contributed by atoms with Crippen molar-refractivity contribution in [1.82, 2.24) is 9.78 Å². The van der Waals surface area contributed by atoms with Crippen molar-refractivity contribution in [1.29, 1.82) is 0 Å². The van der Waals surface area contributed by atoms with Crippen LogP contribution in [0.4, 0.5) is 4.39 Å². The molecular formula is C14H17FN2O. The maximum Gasteiger partial charge on any atom is 0.160 e. The minimum Gasteiger partial charge on any atom is -0.485 e. The molecule has 0 radical (unpaired) electrons. The molecule has 0 saturated heterocycles. The van der Waals surface area contributed by atoms with Gasteiger partial charge in [0.15, 0.2) is 5.75 Å². The summed E-state index contributed by atoms with van der Waals surface area (Å²) in [5.41, 5.74) is 1.96. The molecule has 0 bridgehead atoms. The van der Waals surface area contributed by atoms with Crippen molar-refractivity contribution in [3.8, 4) is 5.75 Å². The van der Waals surface area contributed by atoms with E-state index in [0.29, 0.717) is 19.6 Å². The fraction of sp³-hybridized carbons (Fsp3) is 0.357. The van der Waals surface area contributed by atoms with Gasteiger partial charge in [-0.25, -0.2) is 0 Å². The molecule has 0 saturated carbocycles. The Labute approximate surface area is 106 Å². The predicted octanol–water partition coefficient (Wildman–Crippen LogP) is 3.13. The first-order chi connectivity index (χ1) is 8.79. The van der Waals surface area contributed by atoms with Gasteiger partial charge in [0.25, 0.3) is 0 Å². The van der Waals surface area contributed by atoms with E-state index in [0.717, 1.165) is 17.0 Å². The van der Waals surface area contributed by atoms with Gasteiger partial charge in [-0.15, -0.1) is 0 Å². The summed E-state index contributed by atoms with van der Waals surface area (Å²) in [5.74, 6) is 0.762. The minimum absolute atomic E-state index is 0.320. The van der Waals surface area contributed by atoms with E-state index in [4.69, 9.17) is 4.74 Å². The number of aryl methyl sites for hydroxylation is 2. The summed E-state index contributed by atoms with van der Waals surface area (Å²) < 4.78 is 19.5. The van der Waals surface area contributed by atoms with E-state index in [-0.39, 0.29) is 6.67 Å². The van der Waals surface area contributed by atoms with Crippen molar-refractivity contribution in [3.63, 3.8) is 0 Å². The summed E-state index contributed by atoms with van der Waals surface area (Å²) in [7, 11) is 0. The van der Waals surface area contributed by atoms with E-state index >= 15 is 0 Å². The van der Waals surface area contributed by atoms with Crippen LogP contribution in [0.3, 0.4) is 0 Å². The third-order valence-corrected chi connectivity index (χ3v) is 2.66. The Morgan fingerprint density at radius 3 is 2.78 bits per heavy atom. The van der Waals surface area contributed by atoms with Gasteiger partial charge in [-0.2, -0.15) is 5.10 Å². The molecule has 0 aliphatic carbocycles. The lowest BCUT2D eigenvalue weighted by atomic mass is 10.2. The van der Waals surface area contributed by atoms with Crippen LogP contribution in [0.5, 0.6) is 5.75 Å². The third-order valence-electron chi connectivity index (χ3n) is 2.66. The number of aromatic nitrogens is 2. The molecule has 0 unspecified atom stereocenters. The number of nitrogens with zero attached hydrogens (tertiary/aromatic N) is 2. The third kappa shape index (κ3) is 3.32. The smallest absolute Gasteiger partial charge is 0.160 e. The van der Waals surface area contributed by atoms with Crippen LogP contribution < -0.4 is 4.74 Å². The summed E-state index contributed by atoms with van der Waals surface area (Å²) in [6, 6.07) is 9.97. The molecule has 4 heteroatoms. The first kappa shape index (κ1) is 12.6. The van der Waals surface area contributed by atoms with E-state index in [9.17, 15) is 4.39 Å². The Morgan fingerprint density at radius 2 is 2.06 bits per heavy atom. The van der Waals surface area contributed by atoms with Gasteiger partial charge in [0.05, 0.1) is 12.9 Å². The first-order valence-electron chi connectivity index (χ1n) is 6.06. The average molecular weight is 248 g/mol. The van der Waals surface area contributed by atoms with Crippen LogP contribution in [-0.2, 0) is 13.2 Å². The van der Waals surface area contributed by atoms with Gasteiger partial charge in [0.1, 0.15) is 12.3 Å². The van der Waals surface area contributed by atoms with Gasteiger partial charge >= 0.3 is 0 Å². The Morgan fingerprint density at radius 1 is 1.28 bits per heavy atom. The molecule has 1 aromatic heterocycles. The summed E-state index contributed by atoms with van der Waals surface area (Å²) in [6.45, 7) is 2.69. The van der Waals surface area contributed by atoms with Crippen LogP contribution in [0.2, 0.25) is 0 Å². The monoisotopic (exact) mass is 248 g/mol. The zero-order valence-electron chi connectivity index (χ0n) is 10.5. The molecular weight excluding hydrogens is 231 g/mol. The van der Waals surface area contributed by atoms with Crippen LogP contribution in [0.1, 0.15) is 17.7 Å². The highest BCUT2D eigenvalue weighted by Gasteiger charge is 2.06. The second-order valence-electron chi connectivity index (χ2n) is 4.16. The molecule has 1 aromatic carbocycles. The number of halogens is 1. The van der Waals surface area contributed by atoms with Gasteiger partial charge in [-0.1, -0.05) is 30.3 Å². The van der Waals surface area contributed by atoms with Crippen molar-refractivity contribution in [2.75, 3.05) is 6.67 Å². The lowest BCUT2D eigenvalue weighted by molar-refractivity contribution is 0.303. The summed E-state index contributed by atoms with van der Waals surface area (Å²) in [5, 5.41) is 4.29. The molecule has 0 aliphatic rings. The zero-order chi connectivity index (χ0) is 12.8. The fourth-order valence-electron chi connectivity index (χ4n) is 1.71. The highest BCUT2D eigenvalue weighted by atomic mass is 19.1. The molecule has 3 nitrogen and oxygen atoms in total. The summed E-state index contributed by atoms with van der Waals surface area (Å²) in [6.07, 6.45) is 2.31. The maximum absolute atomic E-state index is 12.1. The van der Waals surface area contributed by atoms with Crippen LogP contribution >= 0.6 is 0 Å². The Hall–Kier alpha value is -1.84. The standard InChI is InChI=1S/C14H17FN2O/c1-12-14(10-17(16-12)9-5-8-15)18-11-13-6-3-2-4-7-13/h2-4,6-7,10H,5,8-9,11H2,1H3. The molecule has 0 N–H and O–H groups in total. The van der Waals surface area contributed by atoms with Crippen LogP contribution in [0, 0.1) is 6.92 Å². The van der Waals surface area contributed by atoms with E-state index in [1.54, 1.807) is 4.68 Å². The van der Waals surface area contributed by atoms with Crippen molar-refractivity contribution < 1.29 is 9.13 Å². The number of rotatable bonds is 6. The Bertz CT molecular complexity index is 482. The highest BCUT2D eigenvalue weighted by Crippen LogP contribution is 2.17. The molecule has 0 aliphatic heterocycles. The van der Waals surface area contributed by atoms with Gasteiger partial charge < -0.3 is 4.74 Å². The second-order valence-corrected chi connectivity index (χ2v) is 4.16. The first-order valence-corrected chi connectivity index (χ1v) is 6.06. The van der Waals surface area contributed by atoms with Crippen molar-refractivity contribution >= 4 is 0 Å². The maximum atomic E-state index is 12.1. The van der Waals surface area contributed by atoms with Crippen molar-refractivity contribution in [2.24, 2.45) is 0 Å². The van der Waals surface area contributed by atoms with Crippen LogP contribution in [0.15, 0.2) is 36.5 Å². The Balaban J connectivity index is 1.95. The molecule has 0 atom stereocenters. The number of benzene rings is 1. The molecule has 0 amide bonds. The number of hydrogen-bond donors (Lipinski definition) is 0. The van der Waals surface area contributed by atoms with Gasteiger partial charge in [0.2, 0.25) is 0 Å². The van der Waals surface area contributed by atoms with E-state index < -0.39 is 0 Å². The van der Waals surface area contributed by atoms with Crippen LogP contribution in [0.25, 0.3) is 0 Å². The molecule has 2 aromatic rings. The quantitative estimate of drug-likeness (QED) is 0.785. The second kappa shape index (κ2) is 6.19. The molecule has 2 rings (SSSR count). The van der Waals surface area contributed by atoms with Gasteiger partial charge in [-0.05, 0) is 18.9 Å². The number of ether oxygens (including phenoxy) is 1. The largest absolute Gasteiger partial charge is 0.485 e. The molecule has 1 heterocycles. The molecule has 96 valence electrons. The number of alkyl halides is 1. The highest BCUT2D eigenvalue weighted by molar-refractivity contribution is 5.24. The number of hydrogen-bond acceptors (Lipinski definition) is 2. The molecule has 0 fully saturated rings. The SMILES string of the molecule is Cc1nn(CCCF)cc1OCc1ccccc1. The topological polar surface area (TPSA) is 27.1 Å². The van der Waals surface area contributed by atoms with E-state index in [2.05, 4.69) is 5.10 Å². The summed E-state index contributed by atoms with van der Waals surface area (Å²) >= 11 is 0. The average Bonchev–Trinajstić information content (AvgIpc) is 2.76. The van der Waals surface area contributed by atoms with E-state index in [1.807, 2.05) is 43.5 Å². The van der Waals surface area contributed by atoms with Crippen LogP contribution in [-0.4, -0.2) is 16.5 Å². The zero-order valence-corrected chi connectivity index (χ0v) is 10.5. The predicted molar refractivity (Wildman–Crippen MR) is 68.3 cm³/mol. The fourth-order valence-corrected chi connectivity index (χ4v) is 1.71. The van der Waals surface area contributed by atoms with Crippen molar-refractivity contribution in [3.05, 3.63) is 47.8 Å². The van der Waals surface area contributed by atoms with E-state index in [1.165, 1.54) is 0 Å². The van der Waals surface area contributed by atoms with Crippen molar-refractivity contribution in [2.45, 2.75) is 26.5 Å². The lowest BCUT2D eigenvalue weighted by Crippen LogP contribution is -1.99. The Kier molecular flexibility index (Phi) is 4.34. The van der Waals surface area contributed by atoms with Gasteiger partial charge in [0, 0.05) is 6.54 Å². The van der Waals surface area contributed by atoms with Gasteiger partial charge in [-0.3, -0.25) is 9.07 Å².